The Kier molecular flexibility index (Phi) is 6.53. The quantitative estimate of drug-likeness (QED) is 0.627. The van der Waals surface area contributed by atoms with Gasteiger partial charge in [0.1, 0.15) is 10.6 Å². The summed E-state index contributed by atoms with van der Waals surface area (Å²) in [6.45, 7) is 2.04. The van der Waals surface area contributed by atoms with Crippen LogP contribution in [-0.4, -0.2) is 82.6 Å². The van der Waals surface area contributed by atoms with Gasteiger partial charge in [0.25, 0.3) is 5.91 Å². The Balaban J connectivity index is 1.76. The Labute approximate surface area is 164 Å². The lowest BCUT2D eigenvalue weighted by Gasteiger charge is -2.26. The van der Waals surface area contributed by atoms with Gasteiger partial charge in [-0.05, 0) is 31.0 Å². The molecule has 0 saturated carbocycles. The molecule has 0 atom stereocenters. The van der Waals surface area contributed by atoms with Crippen LogP contribution in [0.1, 0.15) is 23.2 Å². The number of likely N-dealkylation sites (tertiary alicyclic amines) is 1. The zero-order valence-corrected chi connectivity index (χ0v) is 16.6. The fourth-order valence-corrected chi connectivity index (χ4v) is 4.79. The lowest BCUT2D eigenvalue weighted by Crippen LogP contribution is -2.40. The molecule has 0 bridgehead atoms. The molecule has 0 N–H and O–H groups in total. The number of esters is 1. The Morgan fingerprint density at radius 2 is 1.79 bits per heavy atom. The summed E-state index contributed by atoms with van der Waals surface area (Å²) in [5.74, 6) is -0.870. The van der Waals surface area contributed by atoms with E-state index in [9.17, 15) is 18.0 Å². The zero-order chi connectivity index (χ0) is 20.1. The molecule has 0 unspecified atom stereocenters. The Bertz CT molecular complexity index is 828. The monoisotopic (exact) mass is 412 g/mol. The first-order valence-corrected chi connectivity index (χ1v) is 10.6. The van der Waals surface area contributed by atoms with E-state index in [1.165, 1.54) is 29.6 Å². The average Bonchev–Trinajstić information content (AvgIpc) is 3.27. The van der Waals surface area contributed by atoms with Crippen LogP contribution in [0.4, 0.5) is 0 Å². The fraction of sp³-hybridized carbons (Fsp3) is 0.556. The van der Waals surface area contributed by atoms with Crippen LogP contribution in [0.2, 0.25) is 0 Å². The highest BCUT2D eigenvalue weighted by atomic mass is 32.2. The van der Waals surface area contributed by atoms with Gasteiger partial charge in [-0.25, -0.2) is 13.2 Å². The number of sulfonamides is 1. The molecule has 2 fully saturated rings. The van der Waals surface area contributed by atoms with Crippen LogP contribution in [0.3, 0.4) is 0 Å². The second-order valence-corrected chi connectivity index (χ2v) is 8.45. The van der Waals surface area contributed by atoms with Crippen molar-refractivity contribution in [3.8, 4) is 5.75 Å². The summed E-state index contributed by atoms with van der Waals surface area (Å²) >= 11 is 0. The predicted molar refractivity (Wildman–Crippen MR) is 98.7 cm³/mol. The highest BCUT2D eigenvalue weighted by molar-refractivity contribution is 7.89. The summed E-state index contributed by atoms with van der Waals surface area (Å²) in [7, 11) is -2.50. The van der Waals surface area contributed by atoms with E-state index in [-0.39, 0.29) is 41.8 Å². The minimum atomic E-state index is -3.86. The number of amides is 1. The van der Waals surface area contributed by atoms with Gasteiger partial charge in [-0.15, -0.1) is 0 Å². The van der Waals surface area contributed by atoms with E-state index >= 15 is 0 Å². The van der Waals surface area contributed by atoms with E-state index in [4.69, 9.17) is 14.2 Å². The largest absolute Gasteiger partial charge is 0.495 e. The average molecular weight is 412 g/mol. The molecule has 2 aliphatic heterocycles. The standard InChI is InChI=1S/C18H24N2O7S/c1-25-15-5-4-14(18(22)27-13-17(21)19-6-2-3-7-19)12-16(15)28(23,24)20-8-10-26-11-9-20/h4-5,12H,2-3,6-11,13H2,1H3. The summed E-state index contributed by atoms with van der Waals surface area (Å²) in [5, 5.41) is 0. The summed E-state index contributed by atoms with van der Waals surface area (Å²) in [5.41, 5.74) is 0.0434. The van der Waals surface area contributed by atoms with Gasteiger partial charge < -0.3 is 19.1 Å². The first-order valence-electron chi connectivity index (χ1n) is 9.14. The number of benzene rings is 1. The molecule has 1 aromatic carbocycles. The Morgan fingerprint density at radius 1 is 1.11 bits per heavy atom. The van der Waals surface area contributed by atoms with Gasteiger partial charge in [-0.3, -0.25) is 4.79 Å². The van der Waals surface area contributed by atoms with Gasteiger partial charge in [-0.1, -0.05) is 0 Å². The Morgan fingerprint density at radius 3 is 2.43 bits per heavy atom. The topological polar surface area (TPSA) is 102 Å². The molecule has 154 valence electrons. The molecule has 2 heterocycles. The van der Waals surface area contributed by atoms with E-state index < -0.39 is 16.0 Å². The molecule has 28 heavy (non-hydrogen) atoms. The van der Waals surface area contributed by atoms with Gasteiger partial charge in [0, 0.05) is 26.2 Å². The highest BCUT2D eigenvalue weighted by Gasteiger charge is 2.30. The maximum Gasteiger partial charge on any atom is 0.338 e. The van der Waals surface area contributed by atoms with Crippen molar-refractivity contribution >= 4 is 21.9 Å². The first kappa shape index (κ1) is 20.6. The molecular weight excluding hydrogens is 388 g/mol. The van der Waals surface area contributed by atoms with Crippen molar-refractivity contribution < 1.29 is 32.2 Å². The minimum Gasteiger partial charge on any atom is -0.495 e. The third kappa shape index (κ3) is 4.45. The molecular formula is C18H24N2O7S. The molecule has 3 rings (SSSR count). The number of hydrogen-bond donors (Lipinski definition) is 0. The predicted octanol–water partition coefficient (Wildman–Crippen LogP) is 0.495. The van der Waals surface area contributed by atoms with Crippen molar-refractivity contribution in [3.63, 3.8) is 0 Å². The maximum absolute atomic E-state index is 13.0. The molecule has 1 aromatic rings. The number of carbonyl (C=O) groups excluding carboxylic acids is 2. The number of ether oxygens (including phenoxy) is 3. The molecule has 1 amide bonds. The zero-order valence-electron chi connectivity index (χ0n) is 15.8. The summed E-state index contributed by atoms with van der Waals surface area (Å²) in [4.78, 5) is 25.9. The van der Waals surface area contributed by atoms with E-state index in [1.807, 2.05) is 0 Å². The van der Waals surface area contributed by atoms with E-state index in [0.717, 1.165) is 12.8 Å². The lowest BCUT2D eigenvalue weighted by molar-refractivity contribution is -0.133. The smallest absolute Gasteiger partial charge is 0.338 e. The summed E-state index contributed by atoms with van der Waals surface area (Å²) < 4.78 is 42.7. The molecule has 2 aliphatic rings. The molecule has 2 saturated heterocycles. The van der Waals surface area contributed by atoms with E-state index in [2.05, 4.69) is 0 Å². The van der Waals surface area contributed by atoms with Crippen molar-refractivity contribution in [1.82, 2.24) is 9.21 Å². The van der Waals surface area contributed by atoms with Crippen molar-refractivity contribution in [2.24, 2.45) is 0 Å². The number of nitrogens with zero attached hydrogens (tertiary/aromatic N) is 2. The van der Waals surface area contributed by atoms with Gasteiger partial charge in [0.15, 0.2) is 6.61 Å². The van der Waals surface area contributed by atoms with Gasteiger partial charge in [-0.2, -0.15) is 4.31 Å². The van der Waals surface area contributed by atoms with Crippen molar-refractivity contribution in [1.29, 1.82) is 0 Å². The van der Waals surface area contributed by atoms with Crippen LogP contribution in [0.25, 0.3) is 0 Å². The number of hydrogen-bond acceptors (Lipinski definition) is 7. The van der Waals surface area contributed by atoms with Gasteiger partial charge in [0.2, 0.25) is 10.0 Å². The first-order chi connectivity index (χ1) is 13.4. The van der Waals surface area contributed by atoms with E-state index in [0.29, 0.717) is 26.3 Å². The second-order valence-electron chi connectivity index (χ2n) is 6.55. The normalized spacial score (nSPS) is 18.1. The van der Waals surface area contributed by atoms with Crippen molar-refractivity contribution in [3.05, 3.63) is 23.8 Å². The second kappa shape index (κ2) is 8.89. The van der Waals surface area contributed by atoms with Crippen LogP contribution >= 0.6 is 0 Å². The van der Waals surface area contributed by atoms with Crippen LogP contribution in [0, 0.1) is 0 Å². The molecule has 0 spiro atoms. The highest BCUT2D eigenvalue weighted by Crippen LogP contribution is 2.28. The fourth-order valence-electron chi connectivity index (χ4n) is 3.20. The Hall–Kier alpha value is -2.17. The SMILES string of the molecule is COc1ccc(C(=O)OCC(=O)N2CCCC2)cc1S(=O)(=O)N1CCOCC1. The lowest BCUT2D eigenvalue weighted by atomic mass is 10.2. The summed E-state index contributed by atoms with van der Waals surface area (Å²) in [6, 6.07) is 4.05. The number of methoxy groups -OCH3 is 1. The van der Waals surface area contributed by atoms with Crippen molar-refractivity contribution in [2.75, 3.05) is 53.1 Å². The number of rotatable bonds is 6. The third-order valence-electron chi connectivity index (χ3n) is 4.77. The van der Waals surface area contributed by atoms with Crippen LogP contribution < -0.4 is 4.74 Å². The van der Waals surface area contributed by atoms with Crippen molar-refractivity contribution in [2.45, 2.75) is 17.7 Å². The minimum absolute atomic E-state index is 0.0434. The summed E-state index contributed by atoms with van der Waals surface area (Å²) in [6.07, 6.45) is 1.89. The maximum atomic E-state index is 13.0. The van der Waals surface area contributed by atoms with Crippen LogP contribution in [-0.2, 0) is 24.3 Å². The molecule has 9 nitrogen and oxygen atoms in total. The molecule has 10 heteroatoms. The molecule has 0 radical (unpaired) electrons. The van der Waals surface area contributed by atoms with Crippen LogP contribution in [0.5, 0.6) is 5.75 Å². The molecule has 0 aliphatic carbocycles. The van der Waals surface area contributed by atoms with E-state index in [1.54, 1.807) is 4.90 Å². The van der Waals surface area contributed by atoms with Gasteiger partial charge >= 0.3 is 5.97 Å². The number of morpholine rings is 1. The molecule has 0 aromatic heterocycles. The van der Waals surface area contributed by atoms with Gasteiger partial charge in [0.05, 0.1) is 25.9 Å². The van der Waals surface area contributed by atoms with Crippen LogP contribution in [0.15, 0.2) is 23.1 Å². The third-order valence-corrected chi connectivity index (χ3v) is 6.69. The number of carbonyl (C=O) groups is 2.